The molecule has 1 unspecified atom stereocenters. The number of amides is 3. The molecule has 5 rings (SSSR count). The lowest BCUT2D eigenvalue weighted by Crippen LogP contribution is -2.30. The van der Waals surface area contributed by atoms with Gasteiger partial charge in [-0.25, -0.2) is 4.98 Å². The number of hydrogen-bond acceptors (Lipinski definition) is 7. The molecule has 3 N–H and O–H groups in total. The average Bonchev–Trinajstić information content (AvgIpc) is 3.50. The lowest BCUT2D eigenvalue weighted by Gasteiger charge is -2.13. The number of hydrogen-bond donors (Lipinski definition) is 3. The zero-order valence-corrected chi connectivity index (χ0v) is 26.8. The molecule has 0 aliphatic heterocycles. The number of anilines is 2. The van der Waals surface area contributed by atoms with Crippen molar-refractivity contribution < 1.29 is 14.4 Å². The van der Waals surface area contributed by atoms with Crippen molar-refractivity contribution in [1.29, 1.82) is 0 Å². The molecule has 3 aromatic carbocycles. The number of carbonyl (C=O) groups is 3. The van der Waals surface area contributed by atoms with Crippen LogP contribution in [0.3, 0.4) is 0 Å². The molecular formula is C33H25Cl2N5O3S2. The van der Waals surface area contributed by atoms with E-state index >= 15 is 0 Å². The number of halogens is 2. The first-order chi connectivity index (χ1) is 21.7. The molecule has 8 nitrogen and oxygen atoms in total. The number of pyridine rings is 1. The van der Waals surface area contributed by atoms with Gasteiger partial charge < -0.3 is 16.0 Å². The molecule has 12 heteroatoms. The predicted molar refractivity (Wildman–Crippen MR) is 183 cm³/mol. The van der Waals surface area contributed by atoms with Crippen LogP contribution in [0.4, 0.5) is 10.8 Å². The van der Waals surface area contributed by atoms with Crippen LogP contribution in [0.2, 0.25) is 10.0 Å². The quantitative estimate of drug-likeness (QED) is 0.102. The van der Waals surface area contributed by atoms with Crippen molar-refractivity contribution in [3.63, 3.8) is 0 Å². The van der Waals surface area contributed by atoms with Crippen molar-refractivity contribution >= 4 is 80.9 Å². The van der Waals surface area contributed by atoms with Crippen molar-refractivity contribution in [2.75, 3.05) is 10.6 Å². The topological polar surface area (TPSA) is 113 Å². The van der Waals surface area contributed by atoms with Gasteiger partial charge in [-0.3, -0.25) is 19.4 Å². The summed E-state index contributed by atoms with van der Waals surface area (Å²) in [7, 11) is 0. The molecule has 2 aromatic heterocycles. The Balaban J connectivity index is 1.20. The molecule has 0 aliphatic rings. The molecule has 226 valence electrons. The van der Waals surface area contributed by atoms with Gasteiger partial charge in [0, 0.05) is 44.5 Å². The van der Waals surface area contributed by atoms with E-state index in [4.69, 9.17) is 23.2 Å². The second-order valence-electron chi connectivity index (χ2n) is 9.55. The Morgan fingerprint density at radius 3 is 2.42 bits per heavy atom. The second-order valence-corrected chi connectivity index (χ2v) is 12.7. The van der Waals surface area contributed by atoms with Gasteiger partial charge in [0.25, 0.3) is 11.8 Å². The largest absolute Gasteiger partial charge is 0.321 e. The van der Waals surface area contributed by atoms with Gasteiger partial charge in [0.05, 0.1) is 16.0 Å². The smallest absolute Gasteiger partial charge is 0.272 e. The van der Waals surface area contributed by atoms with E-state index < -0.39 is 17.1 Å². The minimum atomic E-state index is -0.501. The maximum Gasteiger partial charge on any atom is 0.272 e. The molecule has 0 saturated carbocycles. The first kappa shape index (κ1) is 31.9. The SMILES string of the molecule is CC(Sc1ccc(NC(=O)/C(=C/c2cccnc2)NC(=O)c2ccccc2)cc1)C(=O)Nc1nc(-c2ccc(Cl)cc2Cl)cs1. The highest BCUT2D eigenvalue weighted by atomic mass is 35.5. The Hall–Kier alpha value is -4.48. The van der Waals surface area contributed by atoms with Crippen LogP contribution in [0, 0.1) is 0 Å². The number of carbonyl (C=O) groups excluding carboxylic acids is 3. The molecular weight excluding hydrogens is 649 g/mol. The molecule has 5 aromatic rings. The van der Waals surface area contributed by atoms with Crippen molar-refractivity contribution in [1.82, 2.24) is 15.3 Å². The summed E-state index contributed by atoms with van der Waals surface area (Å²) in [5, 5.41) is 11.2. The van der Waals surface area contributed by atoms with Crippen LogP contribution in [0.15, 0.2) is 113 Å². The van der Waals surface area contributed by atoms with Crippen molar-refractivity contribution in [3.8, 4) is 11.3 Å². The number of nitrogens with one attached hydrogen (secondary N) is 3. The lowest BCUT2D eigenvalue weighted by atomic mass is 10.2. The summed E-state index contributed by atoms with van der Waals surface area (Å²) in [5.74, 6) is -1.12. The van der Waals surface area contributed by atoms with Crippen LogP contribution in [-0.2, 0) is 9.59 Å². The molecule has 45 heavy (non-hydrogen) atoms. The van der Waals surface area contributed by atoms with Gasteiger partial charge in [-0.2, -0.15) is 0 Å². The van der Waals surface area contributed by atoms with Crippen LogP contribution < -0.4 is 16.0 Å². The molecule has 3 amide bonds. The summed E-state index contributed by atoms with van der Waals surface area (Å²) in [6.45, 7) is 1.80. The number of thiazole rings is 1. The van der Waals surface area contributed by atoms with E-state index in [-0.39, 0.29) is 11.6 Å². The van der Waals surface area contributed by atoms with E-state index in [1.165, 1.54) is 23.1 Å². The molecule has 0 spiro atoms. The molecule has 2 heterocycles. The van der Waals surface area contributed by atoms with Crippen LogP contribution in [0.25, 0.3) is 17.3 Å². The molecule has 0 radical (unpaired) electrons. The highest BCUT2D eigenvalue weighted by molar-refractivity contribution is 8.00. The normalized spacial score (nSPS) is 11.8. The van der Waals surface area contributed by atoms with Gasteiger partial charge in [-0.1, -0.05) is 47.5 Å². The highest BCUT2D eigenvalue weighted by Crippen LogP contribution is 2.33. The number of thioether (sulfide) groups is 1. The Bertz CT molecular complexity index is 1850. The molecule has 0 bridgehead atoms. The lowest BCUT2D eigenvalue weighted by molar-refractivity contribution is -0.115. The Kier molecular flexibility index (Phi) is 10.6. The van der Waals surface area contributed by atoms with Crippen molar-refractivity contribution in [2.24, 2.45) is 0 Å². The highest BCUT2D eigenvalue weighted by Gasteiger charge is 2.18. The van der Waals surface area contributed by atoms with Gasteiger partial charge >= 0.3 is 0 Å². The third-order valence-electron chi connectivity index (χ3n) is 6.26. The zero-order valence-electron chi connectivity index (χ0n) is 23.7. The monoisotopic (exact) mass is 673 g/mol. The summed E-state index contributed by atoms with van der Waals surface area (Å²) < 4.78 is 0. The van der Waals surface area contributed by atoms with Gasteiger partial charge in [-0.05, 0) is 79.2 Å². The number of aromatic nitrogens is 2. The second kappa shape index (κ2) is 15.0. The number of benzene rings is 3. The molecule has 0 aliphatic carbocycles. The fourth-order valence-electron chi connectivity index (χ4n) is 4.00. The summed E-state index contributed by atoms with van der Waals surface area (Å²) in [5.41, 5.74) is 3.02. The first-order valence-electron chi connectivity index (χ1n) is 13.5. The fourth-order valence-corrected chi connectivity index (χ4v) is 6.09. The van der Waals surface area contributed by atoms with Crippen LogP contribution in [-0.4, -0.2) is 32.9 Å². The Morgan fingerprint density at radius 2 is 1.71 bits per heavy atom. The minimum Gasteiger partial charge on any atom is -0.321 e. The van der Waals surface area contributed by atoms with E-state index in [0.29, 0.717) is 37.7 Å². The molecule has 0 saturated heterocycles. The molecule has 0 fully saturated rings. The van der Waals surface area contributed by atoms with Crippen LogP contribution in [0.5, 0.6) is 0 Å². The van der Waals surface area contributed by atoms with E-state index in [2.05, 4.69) is 25.9 Å². The van der Waals surface area contributed by atoms with Gasteiger partial charge in [0.2, 0.25) is 5.91 Å². The first-order valence-corrected chi connectivity index (χ1v) is 16.0. The Labute approximate surface area is 277 Å². The number of rotatable bonds is 10. The maximum absolute atomic E-state index is 13.2. The van der Waals surface area contributed by atoms with Gasteiger partial charge in [0.1, 0.15) is 5.70 Å². The minimum absolute atomic E-state index is 0.0595. The van der Waals surface area contributed by atoms with Crippen molar-refractivity contribution in [3.05, 3.63) is 130 Å². The zero-order chi connectivity index (χ0) is 31.8. The summed E-state index contributed by atoms with van der Waals surface area (Å²) in [6, 6.07) is 24.4. The Morgan fingerprint density at radius 1 is 0.933 bits per heavy atom. The maximum atomic E-state index is 13.2. The van der Waals surface area contributed by atoms with Crippen LogP contribution >= 0.6 is 46.3 Å². The standard InChI is InChI=1S/C33H25Cl2N5O3S2/c1-20(30(41)40-33-39-29(19-44-33)26-14-9-23(34)17-27(26)35)45-25-12-10-24(11-13-25)37-32(43)28(16-21-6-5-15-36-18-21)38-31(42)22-7-3-2-4-8-22/h2-20H,1H3,(H,37,43)(H,38,42)(H,39,40,41)/b28-16-. The predicted octanol–water partition coefficient (Wildman–Crippen LogP) is 8.04. The fraction of sp³-hybridized carbons (Fsp3) is 0.0606. The number of nitrogens with zero attached hydrogens (tertiary/aromatic N) is 2. The van der Waals surface area contributed by atoms with Gasteiger partial charge in [-0.15, -0.1) is 23.1 Å². The summed E-state index contributed by atoms with van der Waals surface area (Å²) in [6.07, 6.45) is 4.77. The van der Waals surface area contributed by atoms with Crippen LogP contribution in [0.1, 0.15) is 22.8 Å². The summed E-state index contributed by atoms with van der Waals surface area (Å²) in [4.78, 5) is 48.3. The van der Waals surface area contributed by atoms with E-state index in [0.717, 1.165) is 10.5 Å². The third-order valence-corrected chi connectivity index (χ3v) is 8.68. The molecule has 1 atom stereocenters. The van der Waals surface area contributed by atoms with Gasteiger partial charge in [0.15, 0.2) is 5.13 Å². The van der Waals surface area contributed by atoms with E-state index in [1.54, 1.807) is 110 Å². The third kappa shape index (κ3) is 8.80. The van der Waals surface area contributed by atoms with E-state index in [1.807, 2.05) is 5.38 Å². The average molecular weight is 675 g/mol. The summed E-state index contributed by atoms with van der Waals surface area (Å²) >= 11 is 14.9. The van der Waals surface area contributed by atoms with Crippen molar-refractivity contribution in [2.45, 2.75) is 17.1 Å². The van der Waals surface area contributed by atoms with E-state index in [9.17, 15) is 14.4 Å².